The van der Waals surface area contributed by atoms with Gasteiger partial charge in [0, 0.05) is 11.1 Å². The average Bonchev–Trinajstić information content (AvgIpc) is 2.48. The smallest absolute Gasteiger partial charge is 0.335 e. The topological polar surface area (TPSA) is 115 Å². The predicted molar refractivity (Wildman–Crippen MR) is 77.5 cm³/mol. The lowest BCUT2D eigenvalue weighted by Crippen LogP contribution is -2.05. The highest BCUT2D eigenvalue weighted by Crippen LogP contribution is 2.16. The fourth-order valence-electron chi connectivity index (χ4n) is 1.80. The molecule has 0 fully saturated rings. The summed E-state index contributed by atoms with van der Waals surface area (Å²) in [4.78, 5) is 24.8. The molecule has 2 aromatic carbocycles. The van der Waals surface area contributed by atoms with Gasteiger partial charge in [0.1, 0.15) is 0 Å². The van der Waals surface area contributed by atoms with Crippen LogP contribution in [0.5, 0.6) is 0 Å². The summed E-state index contributed by atoms with van der Waals surface area (Å²) < 4.78 is 0. The lowest BCUT2D eigenvalue weighted by Gasteiger charge is -2.06. The van der Waals surface area contributed by atoms with Crippen molar-refractivity contribution in [1.29, 1.82) is 5.53 Å². The van der Waals surface area contributed by atoms with E-state index in [1.54, 1.807) is 42.2 Å². The van der Waals surface area contributed by atoms with E-state index in [4.69, 9.17) is 16.2 Å². The first-order chi connectivity index (χ1) is 10.0. The second-order valence-corrected chi connectivity index (χ2v) is 4.13. The van der Waals surface area contributed by atoms with Gasteiger partial charge < -0.3 is 5.11 Å². The highest BCUT2D eigenvalue weighted by atomic mass is 16.4. The second kappa shape index (κ2) is 7.47. The number of benzene rings is 2. The van der Waals surface area contributed by atoms with Crippen LogP contribution in [0.15, 0.2) is 48.5 Å². The van der Waals surface area contributed by atoms with Crippen molar-refractivity contribution in [2.45, 2.75) is 6.92 Å². The van der Waals surface area contributed by atoms with Crippen LogP contribution in [-0.2, 0) is 0 Å². The Labute approximate surface area is 121 Å². The molecule has 2 N–H and O–H groups in total. The number of hydrogen-bond donors (Lipinski definition) is 2. The van der Waals surface area contributed by atoms with Gasteiger partial charge in [0.05, 0.1) is 5.56 Å². The fraction of sp³-hybridized carbons (Fsp3) is 0.0667. The van der Waals surface area contributed by atoms with Gasteiger partial charge in [-0.05, 0) is 41.1 Å². The molecule has 0 amide bonds. The molecular formula is C15H13N3O3. The van der Waals surface area contributed by atoms with Crippen LogP contribution in [0.3, 0.4) is 0 Å². The first-order valence-corrected chi connectivity index (χ1v) is 5.95. The number of nitrogens with one attached hydrogen (secondary N) is 1. The third-order valence-corrected chi connectivity index (χ3v) is 2.75. The number of hydrogen-bond acceptors (Lipinski definition) is 3. The first-order valence-electron chi connectivity index (χ1n) is 5.95. The van der Waals surface area contributed by atoms with Crippen LogP contribution in [0.2, 0.25) is 0 Å². The fourth-order valence-corrected chi connectivity index (χ4v) is 1.80. The van der Waals surface area contributed by atoms with Crippen molar-refractivity contribution in [1.82, 2.24) is 0 Å². The van der Waals surface area contributed by atoms with Crippen molar-refractivity contribution in [2.24, 2.45) is 0 Å². The van der Waals surface area contributed by atoms with E-state index in [0.29, 0.717) is 16.7 Å². The largest absolute Gasteiger partial charge is 0.478 e. The van der Waals surface area contributed by atoms with Crippen LogP contribution in [0.4, 0.5) is 0 Å². The lowest BCUT2D eigenvalue weighted by atomic mass is 9.97. The Hall–Kier alpha value is -3.11. The van der Waals surface area contributed by atoms with E-state index in [1.165, 1.54) is 12.1 Å². The van der Waals surface area contributed by atoms with Gasteiger partial charge in [0.2, 0.25) is 0 Å². The third-order valence-electron chi connectivity index (χ3n) is 2.75. The predicted octanol–water partition coefficient (Wildman–Crippen LogP) is 3.80. The minimum atomic E-state index is -0.989. The van der Waals surface area contributed by atoms with E-state index in [2.05, 4.69) is 0 Å². The van der Waals surface area contributed by atoms with E-state index < -0.39 is 5.97 Å². The number of rotatable bonds is 3. The number of aromatic carboxylic acids is 1. The third kappa shape index (κ3) is 4.19. The molecule has 0 spiro atoms. The summed E-state index contributed by atoms with van der Waals surface area (Å²) in [6.07, 6.45) is 0. The number of carbonyl (C=O) groups is 2. The van der Waals surface area contributed by atoms with Crippen molar-refractivity contribution in [2.75, 3.05) is 0 Å². The summed E-state index contributed by atoms with van der Waals surface area (Å²) in [6, 6.07) is 13.5. The monoisotopic (exact) mass is 283 g/mol. The quantitative estimate of drug-likeness (QED) is 0.386. The van der Waals surface area contributed by atoms with E-state index in [1.807, 2.05) is 6.07 Å². The standard InChI is InChI=1S/C15H12O3.HN3/c1-10-9-12(15(17)18)7-8-13(10)14(16)11-5-3-2-4-6-11;1-3-2/h2-9H,1H3,(H,17,18);1H. The molecule has 6 nitrogen and oxygen atoms in total. The highest BCUT2D eigenvalue weighted by molar-refractivity contribution is 6.10. The van der Waals surface area contributed by atoms with Gasteiger partial charge in [-0.3, -0.25) is 4.79 Å². The number of carboxylic acids is 1. The maximum atomic E-state index is 12.2. The summed E-state index contributed by atoms with van der Waals surface area (Å²) in [5.74, 6) is -1.08. The molecule has 2 rings (SSSR count). The molecule has 106 valence electrons. The van der Waals surface area contributed by atoms with Crippen molar-refractivity contribution < 1.29 is 14.7 Å². The molecule has 2 aromatic rings. The van der Waals surface area contributed by atoms with Crippen molar-refractivity contribution in [3.63, 3.8) is 0 Å². The Balaban J connectivity index is 0.000000677. The summed E-state index contributed by atoms with van der Waals surface area (Å²) in [6.45, 7) is 1.74. The van der Waals surface area contributed by atoms with Crippen molar-refractivity contribution in [3.8, 4) is 0 Å². The van der Waals surface area contributed by atoms with Gasteiger partial charge in [-0.2, -0.15) is 0 Å². The second-order valence-electron chi connectivity index (χ2n) is 4.13. The van der Waals surface area contributed by atoms with E-state index >= 15 is 0 Å². The maximum Gasteiger partial charge on any atom is 0.335 e. The Morgan fingerprint density at radius 2 is 1.67 bits per heavy atom. The molecule has 0 bridgehead atoms. The molecule has 0 saturated heterocycles. The molecule has 0 aromatic heterocycles. The molecule has 0 heterocycles. The zero-order chi connectivity index (χ0) is 15.8. The molecule has 0 radical (unpaired) electrons. The molecular weight excluding hydrogens is 270 g/mol. The van der Waals surface area contributed by atoms with Crippen LogP contribution < -0.4 is 0 Å². The molecule has 0 saturated carbocycles. The molecule has 6 heteroatoms. The van der Waals surface area contributed by atoms with Crippen LogP contribution in [-0.4, -0.2) is 16.9 Å². The minimum Gasteiger partial charge on any atom is -0.478 e. The molecule has 0 aliphatic carbocycles. The maximum absolute atomic E-state index is 12.2. The Kier molecular flexibility index (Phi) is 5.67. The van der Waals surface area contributed by atoms with Crippen LogP contribution in [0, 0.1) is 12.5 Å². The van der Waals surface area contributed by atoms with E-state index in [9.17, 15) is 9.59 Å². The number of carbonyl (C=O) groups excluding carboxylic acids is 1. The van der Waals surface area contributed by atoms with Gasteiger partial charge in [-0.15, -0.1) is 5.53 Å². The number of ketones is 1. The molecule has 0 aliphatic heterocycles. The SMILES string of the molecule is Cc1cc(C(=O)O)ccc1C(=O)c1ccccc1.[N-]=[N+]=N. The molecule has 21 heavy (non-hydrogen) atoms. The van der Waals surface area contributed by atoms with Gasteiger partial charge in [0.15, 0.2) is 5.78 Å². The van der Waals surface area contributed by atoms with Gasteiger partial charge in [-0.1, -0.05) is 30.3 Å². The summed E-state index contributed by atoms with van der Waals surface area (Å²) in [5.41, 5.74) is 14.2. The lowest BCUT2D eigenvalue weighted by molar-refractivity contribution is 0.0696. The van der Waals surface area contributed by atoms with E-state index in [0.717, 1.165) is 0 Å². The Morgan fingerprint density at radius 3 is 2.14 bits per heavy atom. The van der Waals surface area contributed by atoms with Crippen LogP contribution >= 0.6 is 0 Å². The number of nitrogens with zero attached hydrogens (tertiary/aromatic N) is 2. The minimum absolute atomic E-state index is 0.0926. The van der Waals surface area contributed by atoms with E-state index in [-0.39, 0.29) is 11.3 Å². The first kappa shape index (κ1) is 15.9. The molecule has 0 aliphatic rings. The van der Waals surface area contributed by atoms with Crippen molar-refractivity contribution in [3.05, 3.63) is 81.2 Å². The van der Waals surface area contributed by atoms with Gasteiger partial charge in [0.25, 0.3) is 0 Å². The highest BCUT2D eigenvalue weighted by Gasteiger charge is 2.13. The Morgan fingerprint density at radius 1 is 1.10 bits per heavy atom. The normalized spacial score (nSPS) is 9.00. The Bertz CT molecular complexity index is 691. The zero-order valence-electron chi connectivity index (χ0n) is 11.3. The number of aryl methyl sites for hydroxylation is 1. The summed E-state index contributed by atoms with van der Waals surface area (Å²) in [7, 11) is 0. The zero-order valence-corrected chi connectivity index (χ0v) is 11.3. The summed E-state index contributed by atoms with van der Waals surface area (Å²) in [5, 5.41) is 8.87. The van der Waals surface area contributed by atoms with Crippen LogP contribution in [0.25, 0.3) is 10.4 Å². The van der Waals surface area contributed by atoms with Gasteiger partial charge in [-0.25, -0.2) is 4.79 Å². The molecule has 0 atom stereocenters. The number of carboxylic acid groups (broad SMARTS) is 1. The molecule has 0 unspecified atom stereocenters. The van der Waals surface area contributed by atoms with Crippen molar-refractivity contribution >= 4 is 11.8 Å². The summed E-state index contributed by atoms with van der Waals surface area (Å²) >= 11 is 0. The average molecular weight is 283 g/mol. The van der Waals surface area contributed by atoms with Gasteiger partial charge >= 0.3 is 5.97 Å². The van der Waals surface area contributed by atoms with Crippen LogP contribution in [0.1, 0.15) is 31.8 Å².